The molecule has 2 N–H and O–H groups in total. The number of rotatable bonds is 5. The SMILES string of the molecule is CNC(=O)CN(C)S(=O)(=O)c1ccc(C(C)O)cc1. The number of hydrogen-bond donors (Lipinski definition) is 2. The van der Waals surface area contributed by atoms with Gasteiger partial charge in [-0.1, -0.05) is 12.1 Å². The van der Waals surface area contributed by atoms with Crippen LogP contribution in [-0.4, -0.2) is 44.4 Å². The van der Waals surface area contributed by atoms with E-state index in [1.165, 1.54) is 26.2 Å². The number of nitrogens with zero attached hydrogens (tertiary/aromatic N) is 1. The van der Waals surface area contributed by atoms with Crippen molar-refractivity contribution in [3.05, 3.63) is 29.8 Å². The van der Waals surface area contributed by atoms with E-state index in [0.717, 1.165) is 4.31 Å². The van der Waals surface area contributed by atoms with Gasteiger partial charge in [0.25, 0.3) is 0 Å². The number of aliphatic hydroxyl groups is 1. The third-order valence-corrected chi connectivity index (χ3v) is 4.53. The summed E-state index contributed by atoms with van der Waals surface area (Å²) in [4.78, 5) is 11.3. The first-order chi connectivity index (χ1) is 8.78. The van der Waals surface area contributed by atoms with Crippen molar-refractivity contribution >= 4 is 15.9 Å². The third-order valence-electron chi connectivity index (χ3n) is 2.72. The molecule has 1 unspecified atom stereocenters. The van der Waals surface area contributed by atoms with Crippen LogP contribution < -0.4 is 5.32 Å². The van der Waals surface area contributed by atoms with Gasteiger partial charge in [0, 0.05) is 14.1 Å². The van der Waals surface area contributed by atoms with Gasteiger partial charge in [0.15, 0.2) is 0 Å². The molecule has 1 aromatic rings. The van der Waals surface area contributed by atoms with Crippen LogP contribution in [0.5, 0.6) is 0 Å². The molecule has 1 atom stereocenters. The summed E-state index contributed by atoms with van der Waals surface area (Å²) in [5, 5.41) is 11.7. The molecular formula is C12H18N2O4S. The maximum Gasteiger partial charge on any atom is 0.243 e. The van der Waals surface area contributed by atoms with E-state index in [-0.39, 0.29) is 17.3 Å². The van der Waals surface area contributed by atoms with Gasteiger partial charge in [-0.3, -0.25) is 4.79 Å². The number of nitrogens with one attached hydrogen (secondary N) is 1. The Balaban J connectivity index is 2.96. The van der Waals surface area contributed by atoms with Crippen molar-refractivity contribution in [2.24, 2.45) is 0 Å². The Morgan fingerprint density at radius 1 is 1.37 bits per heavy atom. The predicted octanol–water partition coefficient (Wildman–Crippen LogP) is 0.106. The predicted molar refractivity (Wildman–Crippen MR) is 71.0 cm³/mol. The van der Waals surface area contributed by atoms with Crippen molar-refractivity contribution in [3.63, 3.8) is 0 Å². The Bertz CT molecular complexity index is 537. The minimum Gasteiger partial charge on any atom is -0.389 e. The van der Waals surface area contributed by atoms with Crippen LogP contribution >= 0.6 is 0 Å². The highest BCUT2D eigenvalue weighted by molar-refractivity contribution is 7.89. The van der Waals surface area contributed by atoms with Crippen LogP contribution in [0.25, 0.3) is 0 Å². The average Bonchev–Trinajstić information content (AvgIpc) is 2.38. The zero-order chi connectivity index (χ0) is 14.6. The van der Waals surface area contributed by atoms with Crippen LogP contribution in [0.4, 0.5) is 0 Å². The van der Waals surface area contributed by atoms with E-state index in [0.29, 0.717) is 5.56 Å². The van der Waals surface area contributed by atoms with Gasteiger partial charge in [0.1, 0.15) is 0 Å². The molecule has 0 saturated heterocycles. The van der Waals surface area contributed by atoms with Gasteiger partial charge < -0.3 is 10.4 Å². The molecular weight excluding hydrogens is 268 g/mol. The van der Waals surface area contributed by atoms with Crippen molar-refractivity contribution in [1.82, 2.24) is 9.62 Å². The van der Waals surface area contributed by atoms with Crippen molar-refractivity contribution in [2.75, 3.05) is 20.6 Å². The number of benzene rings is 1. The molecule has 106 valence electrons. The lowest BCUT2D eigenvalue weighted by atomic mass is 10.1. The molecule has 0 heterocycles. The molecule has 0 spiro atoms. The first kappa shape index (κ1) is 15.6. The molecule has 1 rings (SSSR count). The molecule has 0 aromatic heterocycles. The van der Waals surface area contributed by atoms with Gasteiger partial charge in [-0.25, -0.2) is 8.42 Å². The highest BCUT2D eigenvalue weighted by Crippen LogP contribution is 2.18. The fourth-order valence-corrected chi connectivity index (χ4v) is 2.59. The number of likely N-dealkylation sites (N-methyl/N-ethyl adjacent to an activating group) is 2. The first-order valence-electron chi connectivity index (χ1n) is 5.74. The number of aliphatic hydroxyl groups excluding tert-OH is 1. The minimum absolute atomic E-state index is 0.0864. The number of sulfonamides is 1. The summed E-state index contributed by atoms with van der Waals surface area (Å²) in [6.07, 6.45) is -0.652. The van der Waals surface area contributed by atoms with Crippen molar-refractivity contribution < 1.29 is 18.3 Å². The van der Waals surface area contributed by atoms with Gasteiger partial charge in [0.05, 0.1) is 17.5 Å². The zero-order valence-electron chi connectivity index (χ0n) is 11.1. The van der Waals surface area contributed by atoms with E-state index in [1.54, 1.807) is 19.1 Å². The van der Waals surface area contributed by atoms with Gasteiger partial charge in [-0.15, -0.1) is 0 Å². The largest absolute Gasteiger partial charge is 0.389 e. The van der Waals surface area contributed by atoms with E-state index < -0.39 is 16.1 Å². The zero-order valence-corrected chi connectivity index (χ0v) is 11.9. The first-order valence-corrected chi connectivity index (χ1v) is 7.18. The van der Waals surface area contributed by atoms with Crippen molar-refractivity contribution in [1.29, 1.82) is 0 Å². The fraction of sp³-hybridized carbons (Fsp3) is 0.417. The Labute approximate surface area is 113 Å². The molecule has 1 aromatic carbocycles. The second kappa shape index (κ2) is 6.14. The minimum atomic E-state index is -3.70. The molecule has 0 fully saturated rings. The molecule has 6 nitrogen and oxygen atoms in total. The van der Waals surface area contributed by atoms with E-state index >= 15 is 0 Å². The number of hydrogen-bond acceptors (Lipinski definition) is 4. The molecule has 0 radical (unpaired) electrons. The van der Waals surface area contributed by atoms with Crippen LogP contribution in [0.2, 0.25) is 0 Å². The average molecular weight is 286 g/mol. The molecule has 0 aliphatic heterocycles. The summed E-state index contributed by atoms with van der Waals surface area (Å²) in [6, 6.07) is 5.92. The fourth-order valence-electron chi connectivity index (χ4n) is 1.46. The Kier molecular flexibility index (Phi) is 5.04. The van der Waals surface area contributed by atoms with E-state index in [2.05, 4.69) is 5.32 Å². The van der Waals surface area contributed by atoms with Gasteiger partial charge >= 0.3 is 0 Å². The molecule has 19 heavy (non-hydrogen) atoms. The topological polar surface area (TPSA) is 86.7 Å². The number of carbonyl (C=O) groups is 1. The Morgan fingerprint density at radius 3 is 2.32 bits per heavy atom. The normalized spacial score (nSPS) is 13.3. The summed E-state index contributed by atoms with van der Waals surface area (Å²) >= 11 is 0. The molecule has 0 aliphatic carbocycles. The summed E-state index contributed by atoms with van der Waals surface area (Å²) < 4.78 is 25.3. The Morgan fingerprint density at radius 2 is 1.89 bits per heavy atom. The number of carbonyl (C=O) groups excluding carboxylic acids is 1. The molecule has 0 aliphatic rings. The highest BCUT2D eigenvalue weighted by Gasteiger charge is 2.22. The van der Waals surface area contributed by atoms with E-state index in [9.17, 15) is 18.3 Å². The maximum atomic E-state index is 12.1. The van der Waals surface area contributed by atoms with Gasteiger partial charge in [0.2, 0.25) is 15.9 Å². The lowest BCUT2D eigenvalue weighted by molar-refractivity contribution is -0.120. The Hall–Kier alpha value is -1.44. The monoisotopic (exact) mass is 286 g/mol. The van der Waals surface area contributed by atoms with Crippen molar-refractivity contribution in [3.8, 4) is 0 Å². The quantitative estimate of drug-likeness (QED) is 0.804. The van der Waals surface area contributed by atoms with Gasteiger partial charge in [-0.2, -0.15) is 4.31 Å². The molecule has 0 bridgehead atoms. The smallest absolute Gasteiger partial charge is 0.243 e. The lowest BCUT2D eigenvalue weighted by Crippen LogP contribution is -2.36. The summed E-state index contributed by atoms with van der Waals surface area (Å²) in [5.74, 6) is -0.383. The summed E-state index contributed by atoms with van der Waals surface area (Å²) in [7, 11) is -0.911. The highest BCUT2D eigenvalue weighted by atomic mass is 32.2. The molecule has 7 heteroatoms. The lowest BCUT2D eigenvalue weighted by Gasteiger charge is -2.16. The van der Waals surface area contributed by atoms with Crippen LogP contribution in [0.15, 0.2) is 29.2 Å². The third kappa shape index (κ3) is 3.76. The standard InChI is InChI=1S/C12H18N2O4S/c1-9(15)10-4-6-11(7-5-10)19(17,18)14(3)8-12(16)13-2/h4-7,9,15H,8H2,1-3H3,(H,13,16). The van der Waals surface area contributed by atoms with Crippen LogP contribution in [0.3, 0.4) is 0 Å². The van der Waals surface area contributed by atoms with Crippen LogP contribution in [0, 0.1) is 0 Å². The van der Waals surface area contributed by atoms with Crippen LogP contribution in [0.1, 0.15) is 18.6 Å². The second-order valence-electron chi connectivity index (χ2n) is 4.18. The second-order valence-corrected chi connectivity index (χ2v) is 6.22. The van der Waals surface area contributed by atoms with Crippen molar-refractivity contribution in [2.45, 2.75) is 17.9 Å². The van der Waals surface area contributed by atoms with Crippen LogP contribution in [-0.2, 0) is 14.8 Å². The number of amides is 1. The van der Waals surface area contributed by atoms with Gasteiger partial charge in [-0.05, 0) is 24.6 Å². The van der Waals surface area contributed by atoms with E-state index in [1.807, 2.05) is 0 Å². The summed E-state index contributed by atoms with van der Waals surface area (Å²) in [5.41, 5.74) is 0.632. The molecule has 0 saturated carbocycles. The maximum absolute atomic E-state index is 12.1. The summed E-state index contributed by atoms with van der Waals surface area (Å²) in [6.45, 7) is 1.36. The molecule has 1 amide bonds. The van der Waals surface area contributed by atoms with E-state index in [4.69, 9.17) is 0 Å².